The van der Waals surface area contributed by atoms with E-state index in [1.807, 2.05) is 0 Å². The lowest BCUT2D eigenvalue weighted by atomic mass is 9.76. The maximum absolute atomic E-state index is 6.70. The topological polar surface area (TPSA) is 29.3 Å². The molecule has 2 unspecified atom stereocenters. The van der Waals surface area contributed by atoms with Gasteiger partial charge in [-0.25, -0.2) is 0 Å². The van der Waals surface area contributed by atoms with Gasteiger partial charge in [0.25, 0.3) is 0 Å². The maximum Gasteiger partial charge on any atom is 0.0285 e. The lowest BCUT2D eigenvalue weighted by Crippen LogP contribution is -2.53. The van der Waals surface area contributed by atoms with Crippen molar-refractivity contribution in [3.63, 3.8) is 0 Å². The normalized spacial score (nSPS) is 37.2. The van der Waals surface area contributed by atoms with E-state index in [9.17, 15) is 0 Å². The third-order valence-corrected chi connectivity index (χ3v) is 5.09. The third kappa shape index (κ3) is 3.71. The quantitative estimate of drug-likeness (QED) is 0.785. The average molecular weight is 250 g/mol. The molecule has 2 nitrogen and oxygen atoms in total. The van der Waals surface area contributed by atoms with Crippen LogP contribution in [0.3, 0.4) is 0 Å². The molecule has 2 atom stereocenters. The smallest absolute Gasteiger partial charge is 0.0285 e. The monoisotopic (exact) mass is 250 g/mol. The van der Waals surface area contributed by atoms with Crippen molar-refractivity contribution < 1.29 is 0 Å². The van der Waals surface area contributed by atoms with Gasteiger partial charge in [0.2, 0.25) is 0 Å². The van der Waals surface area contributed by atoms with E-state index in [4.69, 9.17) is 5.73 Å². The van der Waals surface area contributed by atoms with Gasteiger partial charge in [0.05, 0.1) is 0 Å². The lowest BCUT2D eigenvalue weighted by molar-refractivity contribution is 0.142. The fourth-order valence-corrected chi connectivity index (χ4v) is 3.82. The van der Waals surface area contributed by atoms with Crippen LogP contribution in [0.2, 0.25) is 0 Å². The van der Waals surface area contributed by atoms with E-state index in [0.717, 1.165) is 17.8 Å². The standard InChI is InChI=1S/C16H30N2/c1-13-3-2-8-16(17,9-13)12-18(10-14-4-5-14)11-15-6-7-15/h13-15H,2-12,17H2,1H3. The van der Waals surface area contributed by atoms with Gasteiger partial charge in [-0.15, -0.1) is 0 Å². The van der Waals surface area contributed by atoms with Gasteiger partial charge in [-0.1, -0.05) is 19.8 Å². The van der Waals surface area contributed by atoms with Crippen LogP contribution in [0.4, 0.5) is 0 Å². The summed E-state index contributed by atoms with van der Waals surface area (Å²) in [5, 5.41) is 0. The number of nitrogens with zero attached hydrogens (tertiary/aromatic N) is 1. The summed E-state index contributed by atoms with van der Waals surface area (Å²) < 4.78 is 0. The van der Waals surface area contributed by atoms with Gasteiger partial charge in [-0.2, -0.15) is 0 Å². The molecule has 3 aliphatic rings. The zero-order valence-electron chi connectivity index (χ0n) is 12.0. The van der Waals surface area contributed by atoms with E-state index in [1.54, 1.807) is 0 Å². The van der Waals surface area contributed by atoms with Crippen LogP contribution >= 0.6 is 0 Å². The molecule has 18 heavy (non-hydrogen) atoms. The minimum atomic E-state index is 0.126. The Morgan fingerprint density at radius 3 is 2.17 bits per heavy atom. The van der Waals surface area contributed by atoms with Gasteiger partial charge < -0.3 is 10.6 Å². The molecule has 0 radical (unpaired) electrons. The predicted molar refractivity (Wildman–Crippen MR) is 76.4 cm³/mol. The molecule has 0 heterocycles. The highest BCUT2D eigenvalue weighted by Gasteiger charge is 2.36. The third-order valence-electron chi connectivity index (χ3n) is 5.09. The molecule has 2 heteroatoms. The first kappa shape index (κ1) is 12.9. The summed E-state index contributed by atoms with van der Waals surface area (Å²) in [7, 11) is 0. The molecular formula is C16H30N2. The van der Waals surface area contributed by atoms with Crippen molar-refractivity contribution in [2.75, 3.05) is 19.6 Å². The number of hydrogen-bond donors (Lipinski definition) is 1. The minimum Gasteiger partial charge on any atom is -0.324 e. The van der Waals surface area contributed by atoms with Crippen molar-refractivity contribution in [3.05, 3.63) is 0 Å². The van der Waals surface area contributed by atoms with Crippen LogP contribution in [0.25, 0.3) is 0 Å². The van der Waals surface area contributed by atoms with Crippen LogP contribution in [0, 0.1) is 17.8 Å². The molecule has 0 amide bonds. The molecule has 3 aliphatic carbocycles. The van der Waals surface area contributed by atoms with E-state index < -0.39 is 0 Å². The maximum atomic E-state index is 6.70. The summed E-state index contributed by atoms with van der Waals surface area (Å²) in [6.45, 7) is 6.23. The Bertz CT molecular complexity index is 269. The Labute approximate surface area is 112 Å². The first-order valence-electron chi connectivity index (χ1n) is 8.14. The van der Waals surface area contributed by atoms with Crippen molar-refractivity contribution in [2.45, 2.75) is 63.8 Å². The highest BCUT2D eigenvalue weighted by Crippen LogP contribution is 2.36. The first-order valence-corrected chi connectivity index (χ1v) is 8.14. The summed E-state index contributed by atoms with van der Waals surface area (Å²) in [5.74, 6) is 2.86. The molecule has 3 saturated carbocycles. The summed E-state index contributed by atoms with van der Waals surface area (Å²) in [6.07, 6.45) is 11.1. The number of nitrogens with two attached hydrogens (primary N) is 1. The van der Waals surface area contributed by atoms with Crippen LogP contribution in [0.5, 0.6) is 0 Å². The van der Waals surface area contributed by atoms with Gasteiger partial charge >= 0.3 is 0 Å². The van der Waals surface area contributed by atoms with Crippen LogP contribution < -0.4 is 5.73 Å². The van der Waals surface area contributed by atoms with E-state index >= 15 is 0 Å². The van der Waals surface area contributed by atoms with Gasteiger partial charge in [-0.3, -0.25) is 0 Å². The average Bonchev–Trinajstić information content (AvgIpc) is 3.12. The molecule has 0 spiro atoms. The molecular weight excluding hydrogens is 220 g/mol. The van der Waals surface area contributed by atoms with Gasteiger partial charge in [0, 0.05) is 25.2 Å². The van der Waals surface area contributed by atoms with Crippen LogP contribution in [0.1, 0.15) is 58.3 Å². The Morgan fingerprint density at radius 1 is 1.06 bits per heavy atom. The second kappa shape index (κ2) is 5.13. The van der Waals surface area contributed by atoms with Crippen LogP contribution in [-0.4, -0.2) is 30.1 Å². The van der Waals surface area contributed by atoms with Gasteiger partial charge in [0.15, 0.2) is 0 Å². The molecule has 0 bridgehead atoms. The van der Waals surface area contributed by atoms with Crippen molar-refractivity contribution in [2.24, 2.45) is 23.5 Å². The second-order valence-electron chi connectivity index (χ2n) is 7.64. The number of rotatable bonds is 6. The van der Waals surface area contributed by atoms with E-state index in [2.05, 4.69) is 11.8 Å². The SMILES string of the molecule is CC1CCCC(N)(CN(CC2CC2)CC2CC2)C1. The molecule has 104 valence electrons. The number of hydrogen-bond acceptors (Lipinski definition) is 2. The van der Waals surface area contributed by atoms with E-state index in [1.165, 1.54) is 71.0 Å². The Kier molecular flexibility index (Phi) is 3.68. The summed E-state index contributed by atoms with van der Waals surface area (Å²) >= 11 is 0. The van der Waals surface area contributed by atoms with Crippen molar-refractivity contribution >= 4 is 0 Å². The summed E-state index contributed by atoms with van der Waals surface area (Å²) in [4.78, 5) is 2.73. The zero-order chi connectivity index (χ0) is 12.6. The molecule has 2 N–H and O–H groups in total. The molecule has 0 aliphatic heterocycles. The van der Waals surface area contributed by atoms with Crippen LogP contribution in [0.15, 0.2) is 0 Å². The largest absolute Gasteiger partial charge is 0.324 e. The highest BCUT2D eigenvalue weighted by molar-refractivity contribution is 4.94. The van der Waals surface area contributed by atoms with E-state index in [-0.39, 0.29) is 5.54 Å². The second-order valence-corrected chi connectivity index (χ2v) is 7.64. The fourth-order valence-electron chi connectivity index (χ4n) is 3.82. The van der Waals surface area contributed by atoms with Crippen LogP contribution in [-0.2, 0) is 0 Å². The first-order chi connectivity index (χ1) is 8.63. The lowest BCUT2D eigenvalue weighted by Gasteiger charge is -2.40. The Balaban J connectivity index is 1.55. The molecule has 0 aromatic rings. The zero-order valence-corrected chi connectivity index (χ0v) is 12.0. The van der Waals surface area contributed by atoms with Crippen molar-refractivity contribution in [3.8, 4) is 0 Å². The van der Waals surface area contributed by atoms with E-state index in [0.29, 0.717) is 0 Å². The molecule has 3 fully saturated rings. The minimum absolute atomic E-state index is 0.126. The predicted octanol–water partition coefficient (Wildman–Crippen LogP) is 3.02. The van der Waals surface area contributed by atoms with Gasteiger partial charge in [-0.05, 0) is 56.3 Å². The van der Waals surface area contributed by atoms with Crippen molar-refractivity contribution in [1.82, 2.24) is 4.90 Å². The van der Waals surface area contributed by atoms with Crippen molar-refractivity contribution in [1.29, 1.82) is 0 Å². The Morgan fingerprint density at radius 2 is 1.67 bits per heavy atom. The Hall–Kier alpha value is -0.0800. The fraction of sp³-hybridized carbons (Fsp3) is 1.00. The molecule has 0 saturated heterocycles. The molecule has 0 aromatic carbocycles. The summed E-state index contributed by atoms with van der Waals surface area (Å²) in [5.41, 5.74) is 6.83. The highest BCUT2D eigenvalue weighted by atomic mass is 15.2. The molecule has 0 aromatic heterocycles. The summed E-state index contributed by atoms with van der Waals surface area (Å²) in [6, 6.07) is 0. The van der Waals surface area contributed by atoms with Gasteiger partial charge in [0.1, 0.15) is 0 Å². The molecule has 3 rings (SSSR count).